The summed E-state index contributed by atoms with van der Waals surface area (Å²) in [5.74, 6) is -0.0336. The molecule has 1 aliphatic heterocycles. The van der Waals surface area contributed by atoms with Crippen molar-refractivity contribution in [2.24, 2.45) is 0 Å². The highest BCUT2D eigenvalue weighted by atomic mass is 79.9. The number of halogens is 2. The first-order valence-electron chi connectivity index (χ1n) is 8.08. The van der Waals surface area contributed by atoms with Gasteiger partial charge in [-0.3, -0.25) is 9.69 Å². The molecule has 2 aromatic rings. The van der Waals surface area contributed by atoms with Gasteiger partial charge in [-0.05, 0) is 49.7 Å². The molecule has 3 rings (SSSR count). The van der Waals surface area contributed by atoms with Gasteiger partial charge in [0.2, 0.25) is 0 Å². The predicted octanol–water partition coefficient (Wildman–Crippen LogP) is 5.20. The van der Waals surface area contributed by atoms with Crippen LogP contribution < -0.4 is 4.74 Å². The smallest absolute Gasteiger partial charge is 0.320 e. The van der Waals surface area contributed by atoms with Gasteiger partial charge in [0, 0.05) is 14.9 Å². The normalized spacial score (nSPS) is 19.6. The van der Waals surface area contributed by atoms with Crippen molar-refractivity contribution in [3.63, 3.8) is 0 Å². The van der Waals surface area contributed by atoms with Crippen LogP contribution in [0.4, 0.5) is 0 Å². The monoisotopic (exact) mass is 443 g/mol. The van der Waals surface area contributed by atoms with Gasteiger partial charge in [0.25, 0.3) is 0 Å². The Balaban J connectivity index is 2.13. The van der Waals surface area contributed by atoms with E-state index >= 15 is 0 Å². The Morgan fingerprint density at radius 1 is 1.40 bits per heavy atom. The van der Waals surface area contributed by atoms with Crippen molar-refractivity contribution in [3.05, 3.63) is 49.6 Å². The van der Waals surface area contributed by atoms with Crippen LogP contribution in [-0.2, 0) is 4.79 Å². The Labute approximate surface area is 164 Å². The van der Waals surface area contributed by atoms with E-state index in [0.717, 1.165) is 40.0 Å². The lowest BCUT2D eigenvalue weighted by Crippen LogP contribution is -2.46. The highest BCUT2D eigenvalue weighted by molar-refractivity contribution is 9.10. The lowest BCUT2D eigenvalue weighted by atomic mass is 9.95. The first-order valence-corrected chi connectivity index (χ1v) is 10.1. The van der Waals surface area contributed by atoms with Gasteiger partial charge in [0.15, 0.2) is 0 Å². The van der Waals surface area contributed by atoms with E-state index in [0.29, 0.717) is 10.8 Å². The lowest BCUT2D eigenvalue weighted by Gasteiger charge is -2.39. The summed E-state index contributed by atoms with van der Waals surface area (Å²) < 4.78 is 7.20. The minimum Gasteiger partial charge on any atom is -0.496 e. The maximum Gasteiger partial charge on any atom is 0.320 e. The van der Waals surface area contributed by atoms with E-state index in [1.165, 1.54) is 11.3 Å². The summed E-state index contributed by atoms with van der Waals surface area (Å²) in [6, 6.07) is 8.96. The maximum atomic E-state index is 11.9. The number of methoxy groups -OCH3 is 1. The molecule has 134 valence electrons. The van der Waals surface area contributed by atoms with Gasteiger partial charge in [-0.25, -0.2) is 0 Å². The zero-order chi connectivity index (χ0) is 18.0. The van der Waals surface area contributed by atoms with Gasteiger partial charge < -0.3 is 9.84 Å². The van der Waals surface area contributed by atoms with Crippen LogP contribution in [-0.4, -0.2) is 35.7 Å². The summed E-state index contributed by atoms with van der Waals surface area (Å²) in [4.78, 5) is 14.9. The number of aliphatic carboxylic acids is 1. The standard InChI is InChI=1S/C18H19BrClNO3S/c1-24-14-6-5-11(19)10-12(14)17(15-7-8-16(20)25-15)21-9-3-2-4-13(21)18(22)23/h5-8,10,13,17H,2-4,9H2,1H3,(H,22,23). The molecule has 1 N–H and O–H groups in total. The van der Waals surface area contributed by atoms with Crippen molar-refractivity contribution in [1.82, 2.24) is 4.90 Å². The number of ether oxygens (including phenoxy) is 1. The number of carbonyl (C=O) groups is 1. The van der Waals surface area contributed by atoms with E-state index in [4.69, 9.17) is 16.3 Å². The van der Waals surface area contributed by atoms with Crippen molar-refractivity contribution in [3.8, 4) is 5.75 Å². The summed E-state index contributed by atoms with van der Waals surface area (Å²) in [5.41, 5.74) is 0.948. The van der Waals surface area contributed by atoms with E-state index in [1.807, 2.05) is 30.3 Å². The van der Waals surface area contributed by atoms with E-state index in [2.05, 4.69) is 20.8 Å². The Morgan fingerprint density at radius 2 is 2.20 bits per heavy atom. The van der Waals surface area contributed by atoms with E-state index in [1.54, 1.807) is 7.11 Å². The van der Waals surface area contributed by atoms with Gasteiger partial charge in [-0.2, -0.15) is 0 Å². The van der Waals surface area contributed by atoms with Crippen molar-refractivity contribution in [1.29, 1.82) is 0 Å². The Hall–Kier alpha value is -1.08. The molecule has 0 radical (unpaired) electrons. The summed E-state index contributed by atoms with van der Waals surface area (Å²) in [5, 5.41) is 9.73. The average Bonchev–Trinajstić information content (AvgIpc) is 3.02. The molecule has 1 aliphatic rings. The number of carboxylic acid groups (broad SMARTS) is 1. The second-order valence-electron chi connectivity index (χ2n) is 6.02. The van der Waals surface area contributed by atoms with Crippen LogP contribution in [0, 0.1) is 0 Å². The van der Waals surface area contributed by atoms with Crippen LogP contribution in [0.3, 0.4) is 0 Å². The Bertz CT molecular complexity index is 767. The van der Waals surface area contributed by atoms with Gasteiger partial charge >= 0.3 is 5.97 Å². The van der Waals surface area contributed by atoms with Crippen molar-refractivity contribution in [2.75, 3.05) is 13.7 Å². The largest absolute Gasteiger partial charge is 0.496 e. The number of nitrogens with zero attached hydrogens (tertiary/aromatic N) is 1. The molecular weight excluding hydrogens is 426 g/mol. The molecule has 0 saturated carbocycles. The first-order chi connectivity index (χ1) is 12.0. The van der Waals surface area contributed by atoms with E-state index in [9.17, 15) is 9.90 Å². The first kappa shape index (κ1) is 18.7. The van der Waals surface area contributed by atoms with E-state index in [-0.39, 0.29) is 6.04 Å². The number of benzene rings is 1. The van der Waals surface area contributed by atoms with Crippen LogP contribution in [0.1, 0.15) is 35.7 Å². The third-order valence-corrected chi connectivity index (χ3v) is 6.29. The van der Waals surface area contributed by atoms with Gasteiger partial charge in [-0.15, -0.1) is 11.3 Å². The number of rotatable bonds is 5. The van der Waals surface area contributed by atoms with Crippen LogP contribution in [0.5, 0.6) is 5.75 Å². The van der Waals surface area contributed by atoms with Crippen molar-refractivity contribution in [2.45, 2.75) is 31.3 Å². The summed E-state index contributed by atoms with van der Waals surface area (Å²) >= 11 is 11.2. The highest BCUT2D eigenvalue weighted by Crippen LogP contribution is 2.42. The summed E-state index contributed by atoms with van der Waals surface area (Å²) in [6.45, 7) is 0.729. The number of thiophene rings is 1. The molecule has 0 spiro atoms. The molecule has 2 heterocycles. The van der Waals surface area contributed by atoms with Gasteiger partial charge in [0.1, 0.15) is 11.8 Å². The van der Waals surface area contributed by atoms with Crippen molar-refractivity contribution >= 4 is 44.8 Å². The van der Waals surface area contributed by atoms with E-state index < -0.39 is 12.0 Å². The minimum absolute atomic E-state index is 0.202. The Morgan fingerprint density at radius 3 is 2.84 bits per heavy atom. The maximum absolute atomic E-state index is 11.9. The van der Waals surface area contributed by atoms with Crippen LogP contribution >= 0.6 is 38.9 Å². The third-order valence-electron chi connectivity index (χ3n) is 4.51. The summed E-state index contributed by atoms with van der Waals surface area (Å²) in [7, 11) is 1.64. The molecule has 1 fully saturated rings. The second kappa shape index (κ2) is 8.08. The molecule has 2 unspecified atom stereocenters. The molecule has 4 nitrogen and oxygen atoms in total. The molecule has 7 heteroatoms. The zero-order valence-electron chi connectivity index (χ0n) is 13.7. The van der Waals surface area contributed by atoms with Crippen LogP contribution in [0.2, 0.25) is 4.34 Å². The third kappa shape index (κ3) is 4.03. The lowest BCUT2D eigenvalue weighted by molar-refractivity contribution is -0.145. The average molecular weight is 445 g/mol. The number of carboxylic acids is 1. The molecule has 1 saturated heterocycles. The fraction of sp³-hybridized carbons (Fsp3) is 0.389. The minimum atomic E-state index is -0.777. The number of piperidine rings is 1. The fourth-order valence-corrected chi connectivity index (χ4v) is 5.00. The predicted molar refractivity (Wildman–Crippen MR) is 104 cm³/mol. The number of likely N-dealkylation sites (tertiary alicyclic amines) is 1. The molecular formula is C18H19BrClNO3S. The van der Waals surface area contributed by atoms with Gasteiger partial charge in [-0.1, -0.05) is 34.0 Å². The molecule has 25 heavy (non-hydrogen) atoms. The molecule has 0 bridgehead atoms. The molecule has 0 amide bonds. The second-order valence-corrected chi connectivity index (χ2v) is 8.68. The van der Waals surface area contributed by atoms with Crippen LogP contribution in [0.15, 0.2) is 34.8 Å². The van der Waals surface area contributed by atoms with Crippen LogP contribution in [0.25, 0.3) is 0 Å². The molecule has 0 aliphatic carbocycles. The zero-order valence-corrected chi connectivity index (χ0v) is 16.9. The highest BCUT2D eigenvalue weighted by Gasteiger charge is 2.37. The molecule has 1 aromatic carbocycles. The fourth-order valence-electron chi connectivity index (χ4n) is 3.42. The van der Waals surface area contributed by atoms with Gasteiger partial charge in [0.05, 0.1) is 17.5 Å². The molecule has 1 aromatic heterocycles. The quantitative estimate of drug-likeness (QED) is 0.688. The number of hydrogen-bond donors (Lipinski definition) is 1. The SMILES string of the molecule is COc1ccc(Br)cc1C(c1ccc(Cl)s1)N1CCCCC1C(=O)O. The number of hydrogen-bond acceptors (Lipinski definition) is 4. The Kier molecular flexibility index (Phi) is 6.04. The summed E-state index contributed by atoms with van der Waals surface area (Å²) in [6.07, 6.45) is 2.57. The van der Waals surface area contributed by atoms with Crippen molar-refractivity contribution < 1.29 is 14.6 Å². The molecule has 2 atom stereocenters. The topological polar surface area (TPSA) is 49.8 Å².